The second-order valence-electron chi connectivity index (χ2n) is 5.80. The minimum absolute atomic E-state index is 0.253. The Bertz CT molecular complexity index is 491. The van der Waals surface area contributed by atoms with Crippen LogP contribution in [0.2, 0.25) is 0 Å². The Balaban J connectivity index is 1.58. The maximum Gasteiger partial charge on any atom is 0.231 e. The quantitative estimate of drug-likeness (QED) is 0.839. The molecular weight excluding hydrogens is 270 g/mol. The fourth-order valence-electron chi connectivity index (χ4n) is 3.31. The molecule has 0 bridgehead atoms. The standard InChI is InChI=1S/C16H23NO4/c1-19-14-5-11(6-15-16(14)21-10-20-15)7-17-8-12-3-2-4-13(12)9-18/h5-6,12-13,17-18H,2-4,7-10H2,1H3. The molecule has 0 saturated heterocycles. The molecule has 1 fully saturated rings. The third-order valence-electron chi connectivity index (χ3n) is 4.50. The molecule has 1 heterocycles. The predicted octanol–water partition coefficient (Wildman–Crippen LogP) is 1.92. The number of nitrogens with one attached hydrogen (secondary N) is 1. The van der Waals surface area contributed by atoms with E-state index in [0.717, 1.165) is 36.6 Å². The number of ether oxygens (including phenoxy) is 3. The van der Waals surface area contributed by atoms with Gasteiger partial charge >= 0.3 is 0 Å². The van der Waals surface area contributed by atoms with Crippen molar-refractivity contribution in [2.24, 2.45) is 11.8 Å². The van der Waals surface area contributed by atoms with Crippen molar-refractivity contribution in [2.45, 2.75) is 25.8 Å². The van der Waals surface area contributed by atoms with Crippen LogP contribution in [-0.2, 0) is 6.54 Å². The summed E-state index contributed by atoms with van der Waals surface area (Å²) in [6, 6.07) is 3.98. The summed E-state index contributed by atoms with van der Waals surface area (Å²) in [6.07, 6.45) is 3.60. The number of fused-ring (bicyclic) bond motifs is 1. The van der Waals surface area contributed by atoms with Crippen molar-refractivity contribution in [1.82, 2.24) is 5.32 Å². The monoisotopic (exact) mass is 293 g/mol. The summed E-state index contributed by atoms with van der Waals surface area (Å²) in [5, 5.41) is 12.8. The van der Waals surface area contributed by atoms with Crippen molar-refractivity contribution in [3.63, 3.8) is 0 Å². The molecule has 116 valence electrons. The lowest BCUT2D eigenvalue weighted by atomic mass is 9.97. The molecule has 5 heteroatoms. The highest BCUT2D eigenvalue weighted by Gasteiger charge is 2.26. The maximum absolute atomic E-state index is 9.35. The Labute approximate surface area is 125 Å². The highest BCUT2D eigenvalue weighted by Crippen LogP contribution is 2.41. The van der Waals surface area contributed by atoms with Gasteiger partial charge < -0.3 is 24.6 Å². The fourth-order valence-corrected chi connectivity index (χ4v) is 3.31. The van der Waals surface area contributed by atoms with Gasteiger partial charge in [-0.2, -0.15) is 0 Å². The summed E-state index contributed by atoms with van der Waals surface area (Å²) in [6.45, 7) is 2.27. The van der Waals surface area contributed by atoms with Crippen molar-refractivity contribution < 1.29 is 19.3 Å². The minimum Gasteiger partial charge on any atom is -0.493 e. The van der Waals surface area contributed by atoms with Crippen LogP contribution in [0.5, 0.6) is 17.2 Å². The number of hydrogen-bond donors (Lipinski definition) is 2. The van der Waals surface area contributed by atoms with Gasteiger partial charge in [0.05, 0.1) is 7.11 Å². The number of rotatable bonds is 6. The SMILES string of the molecule is COc1cc(CNCC2CCCC2CO)cc2c1OCO2. The molecule has 2 aliphatic rings. The predicted molar refractivity (Wildman–Crippen MR) is 78.7 cm³/mol. The third kappa shape index (κ3) is 3.09. The molecule has 2 unspecified atom stereocenters. The third-order valence-corrected chi connectivity index (χ3v) is 4.50. The van der Waals surface area contributed by atoms with Gasteiger partial charge in [-0.25, -0.2) is 0 Å². The van der Waals surface area contributed by atoms with Gasteiger partial charge in [0, 0.05) is 13.2 Å². The van der Waals surface area contributed by atoms with E-state index in [1.54, 1.807) is 7.11 Å². The van der Waals surface area contributed by atoms with Crippen LogP contribution >= 0.6 is 0 Å². The number of hydrogen-bond acceptors (Lipinski definition) is 5. The van der Waals surface area contributed by atoms with E-state index in [1.807, 2.05) is 12.1 Å². The van der Waals surface area contributed by atoms with Gasteiger partial charge in [0.1, 0.15) is 0 Å². The summed E-state index contributed by atoms with van der Waals surface area (Å²) < 4.78 is 16.2. The van der Waals surface area contributed by atoms with E-state index in [0.29, 0.717) is 24.2 Å². The van der Waals surface area contributed by atoms with Gasteiger partial charge in [0.2, 0.25) is 12.5 Å². The lowest BCUT2D eigenvalue weighted by Gasteiger charge is -2.18. The number of methoxy groups -OCH3 is 1. The number of aliphatic hydroxyl groups is 1. The summed E-state index contributed by atoms with van der Waals surface area (Å²) in [5.74, 6) is 3.21. The Morgan fingerprint density at radius 2 is 2.14 bits per heavy atom. The first-order valence-corrected chi connectivity index (χ1v) is 7.60. The first-order chi connectivity index (χ1) is 10.3. The first kappa shape index (κ1) is 14.5. The zero-order valence-corrected chi connectivity index (χ0v) is 12.4. The summed E-state index contributed by atoms with van der Waals surface area (Å²) in [7, 11) is 1.64. The molecular formula is C16H23NO4. The van der Waals surface area contributed by atoms with Crippen molar-refractivity contribution in [2.75, 3.05) is 27.1 Å². The van der Waals surface area contributed by atoms with Gasteiger partial charge in [-0.15, -0.1) is 0 Å². The molecule has 1 aliphatic heterocycles. The molecule has 2 N–H and O–H groups in total. The second-order valence-corrected chi connectivity index (χ2v) is 5.80. The van der Waals surface area contributed by atoms with E-state index in [-0.39, 0.29) is 6.79 Å². The maximum atomic E-state index is 9.35. The van der Waals surface area contributed by atoms with Crippen LogP contribution in [0.15, 0.2) is 12.1 Å². The van der Waals surface area contributed by atoms with Crippen LogP contribution < -0.4 is 19.5 Å². The molecule has 1 aromatic carbocycles. The summed E-state index contributed by atoms with van der Waals surface area (Å²) in [5.41, 5.74) is 1.12. The van der Waals surface area contributed by atoms with E-state index in [2.05, 4.69) is 5.32 Å². The molecule has 0 amide bonds. The number of benzene rings is 1. The van der Waals surface area contributed by atoms with Crippen LogP contribution in [0.1, 0.15) is 24.8 Å². The van der Waals surface area contributed by atoms with Crippen molar-refractivity contribution in [3.05, 3.63) is 17.7 Å². The highest BCUT2D eigenvalue weighted by molar-refractivity contribution is 5.55. The Kier molecular flexibility index (Phi) is 4.51. The summed E-state index contributed by atoms with van der Waals surface area (Å²) >= 11 is 0. The smallest absolute Gasteiger partial charge is 0.231 e. The molecule has 3 rings (SSSR count). The normalized spacial score (nSPS) is 23.5. The van der Waals surface area contributed by atoms with E-state index in [4.69, 9.17) is 14.2 Å². The fraction of sp³-hybridized carbons (Fsp3) is 0.625. The lowest BCUT2D eigenvalue weighted by molar-refractivity contribution is 0.171. The highest BCUT2D eigenvalue weighted by atomic mass is 16.7. The van der Waals surface area contributed by atoms with Crippen LogP contribution in [0.3, 0.4) is 0 Å². The average Bonchev–Trinajstić information content (AvgIpc) is 3.14. The van der Waals surface area contributed by atoms with Gasteiger partial charge in [0.25, 0.3) is 0 Å². The molecule has 0 radical (unpaired) electrons. The zero-order valence-electron chi connectivity index (χ0n) is 12.4. The molecule has 1 saturated carbocycles. The largest absolute Gasteiger partial charge is 0.493 e. The lowest BCUT2D eigenvalue weighted by Crippen LogP contribution is -2.26. The van der Waals surface area contributed by atoms with Gasteiger partial charge in [-0.05, 0) is 48.9 Å². The Morgan fingerprint density at radius 3 is 2.95 bits per heavy atom. The molecule has 0 spiro atoms. The summed E-state index contributed by atoms with van der Waals surface area (Å²) in [4.78, 5) is 0. The Hall–Kier alpha value is -1.46. The molecule has 5 nitrogen and oxygen atoms in total. The number of aliphatic hydroxyl groups excluding tert-OH is 1. The molecule has 0 aromatic heterocycles. The Morgan fingerprint density at radius 1 is 1.29 bits per heavy atom. The van der Waals surface area contributed by atoms with Crippen molar-refractivity contribution in [3.8, 4) is 17.2 Å². The van der Waals surface area contributed by atoms with Crippen LogP contribution in [0.4, 0.5) is 0 Å². The van der Waals surface area contributed by atoms with Crippen LogP contribution in [-0.4, -0.2) is 32.2 Å². The van der Waals surface area contributed by atoms with Gasteiger partial charge in [0.15, 0.2) is 11.5 Å². The van der Waals surface area contributed by atoms with Crippen molar-refractivity contribution >= 4 is 0 Å². The minimum atomic E-state index is 0.253. The molecule has 1 aromatic rings. The van der Waals surface area contributed by atoms with E-state index in [9.17, 15) is 5.11 Å². The van der Waals surface area contributed by atoms with E-state index >= 15 is 0 Å². The first-order valence-electron chi connectivity index (χ1n) is 7.60. The van der Waals surface area contributed by atoms with Crippen LogP contribution in [0.25, 0.3) is 0 Å². The van der Waals surface area contributed by atoms with E-state index in [1.165, 1.54) is 12.8 Å². The molecule has 1 aliphatic carbocycles. The topological polar surface area (TPSA) is 60.0 Å². The average molecular weight is 293 g/mol. The zero-order chi connectivity index (χ0) is 14.7. The molecule has 2 atom stereocenters. The van der Waals surface area contributed by atoms with Crippen LogP contribution in [0, 0.1) is 11.8 Å². The van der Waals surface area contributed by atoms with Gasteiger partial charge in [-0.1, -0.05) is 6.42 Å². The van der Waals surface area contributed by atoms with E-state index < -0.39 is 0 Å². The second kappa shape index (κ2) is 6.54. The molecule has 21 heavy (non-hydrogen) atoms. The van der Waals surface area contributed by atoms with Gasteiger partial charge in [-0.3, -0.25) is 0 Å². The van der Waals surface area contributed by atoms with Crippen molar-refractivity contribution in [1.29, 1.82) is 0 Å².